The van der Waals surface area contributed by atoms with Crippen LogP contribution in [0.2, 0.25) is 0 Å². The Morgan fingerprint density at radius 3 is 2.70 bits per heavy atom. The van der Waals surface area contributed by atoms with Crippen LogP contribution in [-0.2, 0) is 20.3 Å². The third kappa shape index (κ3) is 1.13. The maximum atomic E-state index is 11.6. The molecule has 5 rings (SSSR count). The Morgan fingerprint density at radius 2 is 1.95 bits per heavy atom. The van der Waals surface area contributed by atoms with Gasteiger partial charge in [-0.1, -0.05) is 0 Å². The van der Waals surface area contributed by atoms with E-state index >= 15 is 0 Å². The summed E-state index contributed by atoms with van der Waals surface area (Å²) in [7, 11) is 0. The molecule has 0 aromatic carbocycles. The molecule has 5 heteroatoms. The molecule has 0 amide bonds. The molecule has 2 bridgehead atoms. The van der Waals surface area contributed by atoms with Gasteiger partial charge in [-0.15, -0.1) is 0 Å². The largest absolute Gasteiger partial charge is 0.456 e. The summed E-state index contributed by atoms with van der Waals surface area (Å²) in [4.78, 5) is 22.6. The first kappa shape index (κ1) is 11.9. The monoisotopic (exact) mass is 274 g/mol. The van der Waals surface area contributed by atoms with E-state index in [1.807, 2.05) is 27.7 Å². The molecule has 0 fully saturated rings. The second kappa shape index (κ2) is 3.42. The maximum absolute atomic E-state index is 11.6. The van der Waals surface area contributed by atoms with Crippen LogP contribution in [0.5, 0.6) is 0 Å². The van der Waals surface area contributed by atoms with Gasteiger partial charge < -0.3 is 9.15 Å². The summed E-state index contributed by atoms with van der Waals surface area (Å²) in [5.74, 6) is 0.163. The molecule has 1 aliphatic carbocycles. The van der Waals surface area contributed by atoms with E-state index in [4.69, 9.17) is 18.9 Å². The van der Waals surface area contributed by atoms with Gasteiger partial charge in [0, 0.05) is 11.6 Å². The van der Waals surface area contributed by atoms with E-state index < -0.39 is 11.9 Å². The first-order valence-corrected chi connectivity index (χ1v) is 6.53. The first-order valence-electron chi connectivity index (χ1n) is 6.53. The predicted molar refractivity (Wildman–Crippen MR) is 68.5 cm³/mol. The van der Waals surface area contributed by atoms with Gasteiger partial charge in [0.2, 0.25) is 0 Å². The van der Waals surface area contributed by atoms with Crippen molar-refractivity contribution in [1.29, 1.82) is 0 Å². The Balaban J connectivity index is 2.12. The molecular formula is C15H14O5. The van der Waals surface area contributed by atoms with Crippen LogP contribution in [0.3, 0.4) is 0 Å². The van der Waals surface area contributed by atoms with Gasteiger partial charge in [0.05, 0.1) is 5.56 Å². The molecule has 4 aliphatic rings. The van der Waals surface area contributed by atoms with E-state index in [0.717, 1.165) is 33.6 Å². The summed E-state index contributed by atoms with van der Waals surface area (Å²) in [6.07, 6.45) is -0.487. The summed E-state index contributed by atoms with van der Waals surface area (Å²) >= 11 is 0. The van der Waals surface area contributed by atoms with Crippen LogP contribution in [-0.4, -0.2) is 0 Å². The normalized spacial score (nSPS) is 30.5. The molecule has 4 heterocycles. The lowest BCUT2D eigenvalue weighted by molar-refractivity contribution is -0.450. The topological polar surface area (TPSA) is 57.9 Å². The Morgan fingerprint density at radius 1 is 1.20 bits per heavy atom. The number of ether oxygens (including phenoxy) is 1. The average molecular weight is 274 g/mol. The van der Waals surface area contributed by atoms with Gasteiger partial charge in [-0.05, 0) is 44.4 Å². The second-order valence-corrected chi connectivity index (χ2v) is 5.51. The van der Waals surface area contributed by atoms with E-state index in [-0.39, 0.29) is 5.63 Å². The molecule has 0 radical (unpaired) electrons. The molecular weight excluding hydrogens is 260 g/mol. The third-order valence-corrected chi connectivity index (χ3v) is 4.33. The van der Waals surface area contributed by atoms with Crippen LogP contribution >= 0.6 is 0 Å². The molecule has 2 unspecified atom stereocenters. The van der Waals surface area contributed by atoms with Gasteiger partial charge >= 0.3 is 5.63 Å². The van der Waals surface area contributed by atoms with Gasteiger partial charge in [0.25, 0.3) is 5.79 Å². The zero-order chi connectivity index (χ0) is 14.2. The zero-order valence-electron chi connectivity index (χ0n) is 11.7. The number of fused-ring (bicyclic) bond motifs is 1. The van der Waals surface area contributed by atoms with Crippen molar-refractivity contribution in [3.63, 3.8) is 0 Å². The minimum atomic E-state index is -1.12. The van der Waals surface area contributed by atoms with Crippen molar-refractivity contribution in [2.45, 2.75) is 39.6 Å². The molecule has 1 spiro atoms. The zero-order valence-corrected chi connectivity index (χ0v) is 11.7. The predicted octanol–water partition coefficient (Wildman–Crippen LogP) is 2.76. The lowest BCUT2D eigenvalue weighted by atomic mass is 9.79. The Labute approximate surface area is 115 Å². The summed E-state index contributed by atoms with van der Waals surface area (Å²) < 4.78 is 11.3. The highest BCUT2D eigenvalue weighted by atomic mass is 17.2. The van der Waals surface area contributed by atoms with Crippen LogP contribution < -0.4 is 5.63 Å². The fourth-order valence-corrected chi connectivity index (χ4v) is 3.40. The minimum Gasteiger partial charge on any atom is -0.456 e. The molecule has 0 N–H and O–H groups in total. The van der Waals surface area contributed by atoms with E-state index in [2.05, 4.69) is 0 Å². The third-order valence-electron chi connectivity index (χ3n) is 4.33. The fraction of sp³-hybridized carbons (Fsp3) is 0.400. The van der Waals surface area contributed by atoms with Crippen molar-refractivity contribution >= 4 is 0 Å². The van der Waals surface area contributed by atoms with Crippen LogP contribution in [0, 0.1) is 6.92 Å². The van der Waals surface area contributed by atoms with Gasteiger partial charge in [-0.2, -0.15) is 4.89 Å². The second-order valence-electron chi connectivity index (χ2n) is 5.51. The lowest BCUT2D eigenvalue weighted by Gasteiger charge is -2.43. The van der Waals surface area contributed by atoms with Crippen molar-refractivity contribution < 1.29 is 18.9 Å². The Kier molecular flexibility index (Phi) is 2.04. The Hall–Kier alpha value is -1.85. The summed E-state index contributed by atoms with van der Waals surface area (Å²) in [6, 6.07) is 1.46. The fourth-order valence-electron chi connectivity index (χ4n) is 3.40. The lowest BCUT2D eigenvalue weighted by Crippen LogP contribution is -2.44. The van der Waals surface area contributed by atoms with E-state index in [1.165, 1.54) is 6.07 Å². The van der Waals surface area contributed by atoms with Gasteiger partial charge in [0.1, 0.15) is 5.76 Å². The van der Waals surface area contributed by atoms with E-state index in [1.54, 1.807) is 0 Å². The number of rotatable bonds is 0. The summed E-state index contributed by atoms with van der Waals surface area (Å²) in [5, 5.41) is 0. The Bertz CT molecular complexity index is 767. The van der Waals surface area contributed by atoms with Crippen LogP contribution in [0.25, 0.3) is 0 Å². The molecule has 0 saturated heterocycles. The highest BCUT2D eigenvalue weighted by Crippen LogP contribution is 2.59. The minimum absolute atomic E-state index is 0.387. The molecule has 1 aromatic heterocycles. The highest BCUT2D eigenvalue weighted by molar-refractivity contribution is 5.57. The van der Waals surface area contributed by atoms with E-state index in [9.17, 15) is 4.79 Å². The van der Waals surface area contributed by atoms with Crippen molar-refractivity contribution in [2.75, 3.05) is 0 Å². The molecule has 0 saturated carbocycles. The number of aryl methyl sites for hydroxylation is 1. The number of allylic oxidation sites excluding steroid dienone is 1. The van der Waals surface area contributed by atoms with Gasteiger partial charge in [-0.25, -0.2) is 9.68 Å². The highest BCUT2D eigenvalue weighted by Gasteiger charge is 2.60. The standard InChI is InChI=1S/C15H14O5/c1-6-5-10(16)17-14-11(6)15-12(7(2)9(4)18-15)8(3)13(14)19-20-15/h5,13H,1-4H3. The molecule has 3 aliphatic heterocycles. The average Bonchev–Trinajstić information content (AvgIpc) is 2.62. The molecule has 5 nitrogen and oxygen atoms in total. The van der Waals surface area contributed by atoms with Crippen molar-refractivity contribution in [2.24, 2.45) is 0 Å². The van der Waals surface area contributed by atoms with Crippen molar-refractivity contribution in [3.05, 3.63) is 55.9 Å². The molecule has 104 valence electrons. The quantitative estimate of drug-likeness (QED) is 0.681. The van der Waals surface area contributed by atoms with Crippen LogP contribution in [0.1, 0.15) is 43.8 Å². The van der Waals surface area contributed by atoms with Gasteiger partial charge in [0.15, 0.2) is 11.9 Å². The van der Waals surface area contributed by atoms with E-state index in [0.29, 0.717) is 5.76 Å². The van der Waals surface area contributed by atoms with Gasteiger partial charge in [-0.3, -0.25) is 0 Å². The summed E-state index contributed by atoms with van der Waals surface area (Å²) in [5.41, 5.74) is 4.15. The first-order chi connectivity index (χ1) is 9.45. The number of hydrogen-bond acceptors (Lipinski definition) is 5. The van der Waals surface area contributed by atoms with Crippen molar-refractivity contribution in [1.82, 2.24) is 0 Å². The number of hydrogen-bond donors (Lipinski definition) is 0. The molecule has 2 atom stereocenters. The maximum Gasteiger partial charge on any atom is 0.336 e. The summed E-state index contributed by atoms with van der Waals surface area (Å²) in [6.45, 7) is 7.70. The molecule has 20 heavy (non-hydrogen) atoms. The SMILES string of the molecule is CC1=C(C)C2=C(C)C3OOC2(O1)c1c(C)cc(=O)oc13. The van der Waals surface area contributed by atoms with Crippen molar-refractivity contribution in [3.8, 4) is 0 Å². The smallest absolute Gasteiger partial charge is 0.336 e. The van der Waals surface area contributed by atoms with Crippen LogP contribution in [0.4, 0.5) is 0 Å². The molecule has 1 aromatic rings. The van der Waals surface area contributed by atoms with Crippen LogP contribution in [0.15, 0.2) is 37.8 Å².